The second-order valence-corrected chi connectivity index (χ2v) is 7.96. The zero-order chi connectivity index (χ0) is 20.4. The number of aromatic hydroxyl groups is 1. The second kappa shape index (κ2) is 8.29. The Morgan fingerprint density at radius 3 is 2.76 bits per heavy atom. The first kappa shape index (κ1) is 19.5. The first-order chi connectivity index (χ1) is 14.1. The van der Waals surface area contributed by atoms with Crippen molar-refractivity contribution in [1.82, 2.24) is 0 Å². The number of ether oxygens (including phenoxy) is 1. The van der Waals surface area contributed by atoms with Crippen LogP contribution in [0.25, 0.3) is 22.3 Å². The molecule has 2 atom stereocenters. The third kappa shape index (κ3) is 3.87. The van der Waals surface area contributed by atoms with Crippen molar-refractivity contribution in [2.45, 2.75) is 33.2 Å². The lowest BCUT2D eigenvalue weighted by Crippen LogP contribution is -3.12. The van der Waals surface area contributed by atoms with Gasteiger partial charge in [0.05, 0.1) is 25.3 Å². The Labute approximate surface area is 170 Å². The molecule has 1 fully saturated rings. The van der Waals surface area contributed by atoms with Gasteiger partial charge in [-0.05, 0) is 31.9 Å². The fourth-order valence-electron chi connectivity index (χ4n) is 4.43. The summed E-state index contributed by atoms with van der Waals surface area (Å²) in [4.78, 5) is 14.4. The number of quaternary nitrogens is 1. The topological polar surface area (TPSA) is 64.1 Å². The molecule has 4 rings (SSSR count). The van der Waals surface area contributed by atoms with Gasteiger partial charge in [0.1, 0.15) is 29.2 Å². The molecule has 0 spiro atoms. The van der Waals surface area contributed by atoms with Crippen molar-refractivity contribution in [2.75, 3.05) is 19.7 Å². The number of nitrogens with one attached hydrogen (secondary N) is 1. The Hall–Kier alpha value is -2.79. The number of piperidine rings is 1. The van der Waals surface area contributed by atoms with Crippen molar-refractivity contribution in [3.8, 4) is 17.1 Å². The highest BCUT2D eigenvalue weighted by Crippen LogP contribution is 2.38. The van der Waals surface area contributed by atoms with E-state index in [9.17, 15) is 9.90 Å². The molecule has 2 aromatic carbocycles. The molecule has 1 saturated heterocycles. The smallest absolute Gasteiger partial charge is 0.342 e. The third-order valence-corrected chi connectivity index (χ3v) is 5.75. The summed E-state index contributed by atoms with van der Waals surface area (Å²) in [7, 11) is 0. The standard InChI is InChI=1S/C24H27NO4/c1-3-28-24(27)22-21-18(15-25-13-7-8-16(2)14-25)19(26)11-12-20(21)29-23(22)17-9-5-4-6-10-17/h4-6,9-12,16,26H,3,7-8,13-15H2,1-2H3/p+1/t16-/m0/s1. The number of phenols is 1. The van der Waals surface area contributed by atoms with E-state index in [0.717, 1.165) is 24.2 Å². The predicted molar refractivity (Wildman–Crippen MR) is 112 cm³/mol. The Bertz CT molecular complexity index is 1010. The monoisotopic (exact) mass is 394 g/mol. The molecule has 5 heteroatoms. The molecule has 1 aromatic heterocycles. The van der Waals surface area contributed by atoms with E-state index in [1.165, 1.54) is 17.7 Å². The fourth-order valence-corrected chi connectivity index (χ4v) is 4.43. The molecule has 0 saturated carbocycles. The van der Waals surface area contributed by atoms with E-state index in [-0.39, 0.29) is 12.4 Å². The SMILES string of the molecule is CCOC(=O)c1c(-c2ccccc2)oc2ccc(O)c(C[NH+]3CCC[C@H](C)C3)c12. The van der Waals surface area contributed by atoms with Crippen molar-refractivity contribution < 1.29 is 24.0 Å². The van der Waals surface area contributed by atoms with Crippen LogP contribution < -0.4 is 4.90 Å². The van der Waals surface area contributed by atoms with E-state index in [1.807, 2.05) is 30.3 Å². The first-order valence-corrected chi connectivity index (χ1v) is 10.4. The van der Waals surface area contributed by atoms with Gasteiger partial charge < -0.3 is 19.2 Å². The molecule has 152 valence electrons. The summed E-state index contributed by atoms with van der Waals surface area (Å²) in [6.07, 6.45) is 2.43. The van der Waals surface area contributed by atoms with Crippen molar-refractivity contribution >= 4 is 16.9 Å². The van der Waals surface area contributed by atoms with Crippen LogP contribution in [-0.4, -0.2) is 30.8 Å². The van der Waals surface area contributed by atoms with Crippen LogP contribution >= 0.6 is 0 Å². The zero-order valence-electron chi connectivity index (χ0n) is 17.0. The second-order valence-electron chi connectivity index (χ2n) is 7.96. The number of furan rings is 1. The van der Waals surface area contributed by atoms with Gasteiger partial charge in [-0.2, -0.15) is 0 Å². The Balaban J connectivity index is 1.88. The van der Waals surface area contributed by atoms with Gasteiger partial charge in [0.25, 0.3) is 0 Å². The number of fused-ring (bicyclic) bond motifs is 1. The van der Waals surface area contributed by atoms with Crippen molar-refractivity contribution in [2.24, 2.45) is 5.92 Å². The maximum atomic E-state index is 13.0. The number of esters is 1. The van der Waals surface area contributed by atoms with Crippen molar-refractivity contribution in [1.29, 1.82) is 0 Å². The van der Waals surface area contributed by atoms with Crippen LogP contribution in [0, 0.1) is 5.92 Å². The summed E-state index contributed by atoms with van der Waals surface area (Å²) in [5, 5.41) is 11.4. The molecule has 5 nitrogen and oxygen atoms in total. The molecule has 2 heterocycles. The quantitative estimate of drug-likeness (QED) is 0.646. The van der Waals surface area contributed by atoms with Gasteiger partial charge in [0.2, 0.25) is 0 Å². The van der Waals surface area contributed by atoms with Crippen molar-refractivity contribution in [3.05, 3.63) is 53.6 Å². The highest BCUT2D eigenvalue weighted by atomic mass is 16.5. The van der Waals surface area contributed by atoms with E-state index in [4.69, 9.17) is 9.15 Å². The number of carbonyl (C=O) groups is 1. The number of likely N-dealkylation sites (tertiary alicyclic amines) is 1. The van der Waals surface area contributed by atoms with Crippen LogP contribution in [0.3, 0.4) is 0 Å². The van der Waals surface area contributed by atoms with E-state index in [1.54, 1.807) is 19.1 Å². The number of hydrogen-bond donors (Lipinski definition) is 2. The normalized spacial score (nSPS) is 19.4. The van der Waals surface area contributed by atoms with Gasteiger partial charge in [0.15, 0.2) is 0 Å². The molecule has 2 N–H and O–H groups in total. The third-order valence-electron chi connectivity index (χ3n) is 5.75. The minimum atomic E-state index is -0.418. The summed E-state index contributed by atoms with van der Waals surface area (Å²) in [6, 6.07) is 13.0. The average Bonchev–Trinajstić information content (AvgIpc) is 3.11. The van der Waals surface area contributed by atoms with E-state index in [2.05, 4.69) is 6.92 Å². The van der Waals surface area contributed by atoms with Crippen LogP contribution in [0.15, 0.2) is 46.9 Å². The van der Waals surface area contributed by atoms with Gasteiger partial charge >= 0.3 is 5.97 Å². The molecule has 1 unspecified atom stereocenters. The number of rotatable bonds is 5. The molecular weight excluding hydrogens is 366 g/mol. The Morgan fingerprint density at radius 2 is 2.03 bits per heavy atom. The van der Waals surface area contributed by atoms with Crippen LogP contribution in [0.5, 0.6) is 5.75 Å². The maximum Gasteiger partial charge on any atom is 0.342 e. The van der Waals surface area contributed by atoms with Crippen LogP contribution in [0.1, 0.15) is 42.6 Å². The predicted octanol–water partition coefficient (Wildman–Crippen LogP) is 3.80. The molecule has 0 aliphatic carbocycles. The van der Waals surface area contributed by atoms with Gasteiger partial charge in [-0.3, -0.25) is 0 Å². The van der Waals surface area contributed by atoms with Crippen LogP contribution in [-0.2, 0) is 11.3 Å². The number of hydrogen-bond acceptors (Lipinski definition) is 4. The van der Waals surface area contributed by atoms with E-state index >= 15 is 0 Å². The molecular formula is C24H28NO4+. The van der Waals surface area contributed by atoms with Gasteiger partial charge in [-0.25, -0.2) is 4.79 Å². The molecule has 0 radical (unpaired) electrons. The fraction of sp³-hybridized carbons (Fsp3) is 0.375. The van der Waals surface area contributed by atoms with E-state index in [0.29, 0.717) is 34.8 Å². The lowest BCUT2D eigenvalue weighted by molar-refractivity contribution is -0.922. The minimum Gasteiger partial charge on any atom is -0.507 e. The molecule has 3 aromatic rings. The van der Waals surface area contributed by atoms with Gasteiger partial charge in [-0.1, -0.05) is 37.3 Å². The van der Waals surface area contributed by atoms with Crippen LogP contribution in [0.4, 0.5) is 0 Å². The molecule has 29 heavy (non-hydrogen) atoms. The first-order valence-electron chi connectivity index (χ1n) is 10.4. The summed E-state index contributed by atoms with van der Waals surface area (Å²) in [5.74, 6) is 0.940. The minimum absolute atomic E-state index is 0.203. The largest absolute Gasteiger partial charge is 0.507 e. The molecule has 0 bridgehead atoms. The number of benzene rings is 2. The lowest BCUT2D eigenvalue weighted by atomic mass is 9.97. The summed E-state index contributed by atoms with van der Waals surface area (Å²) < 4.78 is 11.5. The highest BCUT2D eigenvalue weighted by Gasteiger charge is 2.29. The summed E-state index contributed by atoms with van der Waals surface area (Å²) >= 11 is 0. The maximum absolute atomic E-state index is 13.0. The van der Waals surface area contributed by atoms with Gasteiger partial charge in [-0.15, -0.1) is 0 Å². The van der Waals surface area contributed by atoms with Crippen LogP contribution in [0.2, 0.25) is 0 Å². The zero-order valence-corrected chi connectivity index (χ0v) is 17.0. The Kier molecular flexibility index (Phi) is 5.58. The molecule has 1 aliphatic heterocycles. The average molecular weight is 394 g/mol. The van der Waals surface area contributed by atoms with Crippen molar-refractivity contribution in [3.63, 3.8) is 0 Å². The number of carbonyl (C=O) groups excluding carboxylic acids is 1. The molecule has 0 amide bonds. The highest BCUT2D eigenvalue weighted by molar-refractivity contribution is 6.10. The summed E-state index contributed by atoms with van der Waals surface area (Å²) in [5.41, 5.74) is 2.59. The Morgan fingerprint density at radius 1 is 1.24 bits per heavy atom. The number of phenolic OH excluding ortho intramolecular Hbond substituents is 1. The summed E-state index contributed by atoms with van der Waals surface area (Å²) in [6.45, 7) is 7.14. The lowest BCUT2D eigenvalue weighted by Gasteiger charge is -2.28. The van der Waals surface area contributed by atoms with Gasteiger partial charge in [0, 0.05) is 16.9 Å². The van der Waals surface area contributed by atoms with E-state index < -0.39 is 5.97 Å². The molecule has 1 aliphatic rings.